The van der Waals surface area contributed by atoms with Gasteiger partial charge in [0.2, 0.25) is 10.0 Å². The maximum Gasteiger partial charge on any atom is 0.270 e. The number of nitro benzene ring substituents is 1. The third kappa shape index (κ3) is 5.00. The van der Waals surface area contributed by atoms with Crippen LogP contribution in [0.3, 0.4) is 0 Å². The monoisotopic (exact) mass is 496 g/mol. The predicted molar refractivity (Wildman–Crippen MR) is 129 cm³/mol. The fourth-order valence-electron chi connectivity index (χ4n) is 4.03. The number of carbonyl (C=O) groups excluding carboxylic acids is 1. The Kier molecular flexibility index (Phi) is 6.81. The molecule has 3 aromatic rings. The molecule has 1 aromatic heterocycles. The highest BCUT2D eigenvalue weighted by molar-refractivity contribution is 7.89. The lowest BCUT2D eigenvalue weighted by molar-refractivity contribution is -0.385. The van der Waals surface area contributed by atoms with Crippen molar-refractivity contribution in [2.45, 2.75) is 18.4 Å². The molecule has 1 saturated heterocycles. The van der Waals surface area contributed by atoms with Crippen LogP contribution in [-0.2, 0) is 16.6 Å². The molecule has 0 bridgehead atoms. The number of nitro groups is 1. The quantitative estimate of drug-likeness (QED) is 0.381. The molecule has 11 heteroatoms. The summed E-state index contributed by atoms with van der Waals surface area (Å²) in [6, 6.07) is 16.2. The van der Waals surface area contributed by atoms with Crippen LogP contribution in [0.4, 0.5) is 5.69 Å². The van der Waals surface area contributed by atoms with Gasteiger partial charge in [0, 0.05) is 44.5 Å². The number of non-ortho nitro benzene ring substituents is 1. The molecular weight excluding hydrogens is 472 g/mol. The molecule has 35 heavy (non-hydrogen) atoms. The zero-order valence-electron chi connectivity index (χ0n) is 19.0. The summed E-state index contributed by atoms with van der Waals surface area (Å²) < 4.78 is 29.0. The number of pyridine rings is 1. The molecule has 1 aliphatic heterocycles. The van der Waals surface area contributed by atoms with E-state index in [-0.39, 0.29) is 42.3 Å². The van der Waals surface area contributed by atoms with Crippen molar-refractivity contribution < 1.29 is 18.1 Å². The zero-order valence-corrected chi connectivity index (χ0v) is 19.8. The molecule has 10 nitrogen and oxygen atoms in total. The zero-order chi connectivity index (χ0) is 25.2. The number of nitrogens with zero attached hydrogens (tertiary/aromatic N) is 4. The number of carbonyl (C=O) groups is 1. The van der Waals surface area contributed by atoms with E-state index >= 15 is 0 Å². The molecule has 2 aromatic carbocycles. The van der Waals surface area contributed by atoms with Crippen molar-refractivity contribution in [2.24, 2.45) is 0 Å². The Hall–Kier alpha value is -3.83. The summed E-state index contributed by atoms with van der Waals surface area (Å²) in [7, 11) is -3.99. The highest BCUT2D eigenvalue weighted by atomic mass is 32.2. The SMILES string of the molecule is Cc1ccc([N+](=O)[O-])cc1S(=O)(=O)N1CCN(C(=O)c2cccn(Cc3ccccc3)c2=O)CC1. The molecule has 1 aliphatic rings. The Morgan fingerprint density at radius 1 is 1.00 bits per heavy atom. The molecule has 0 unspecified atom stereocenters. The fourth-order valence-corrected chi connectivity index (χ4v) is 5.69. The van der Waals surface area contributed by atoms with Gasteiger partial charge in [0.15, 0.2) is 0 Å². The van der Waals surface area contributed by atoms with E-state index in [9.17, 15) is 28.1 Å². The molecular formula is C24H24N4O6S. The second-order valence-electron chi connectivity index (χ2n) is 8.24. The van der Waals surface area contributed by atoms with Crippen molar-refractivity contribution in [1.82, 2.24) is 13.8 Å². The largest absolute Gasteiger partial charge is 0.336 e. The van der Waals surface area contributed by atoms with Gasteiger partial charge in [0.1, 0.15) is 5.56 Å². The highest BCUT2D eigenvalue weighted by Crippen LogP contribution is 2.25. The minimum absolute atomic E-state index is 0.0151. The first-order chi connectivity index (χ1) is 16.7. The minimum atomic E-state index is -3.99. The van der Waals surface area contributed by atoms with Crippen LogP contribution in [0.1, 0.15) is 21.5 Å². The number of benzene rings is 2. The molecule has 1 fully saturated rings. The average Bonchev–Trinajstić information content (AvgIpc) is 2.85. The first kappa shape index (κ1) is 24.3. The molecule has 0 spiro atoms. The van der Waals surface area contributed by atoms with Gasteiger partial charge < -0.3 is 9.47 Å². The molecule has 4 rings (SSSR count). The standard InChI is InChI=1S/C24H24N4O6S/c1-18-9-10-20(28(31)32)16-22(18)35(33,34)27-14-12-25(13-15-27)23(29)21-8-5-11-26(24(21)30)17-19-6-3-2-4-7-19/h2-11,16H,12-15,17H2,1H3. The van der Waals surface area contributed by atoms with Gasteiger partial charge in [0.05, 0.1) is 16.4 Å². The third-order valence-electron chi connectivity index (χ3n) is 5.97. The predicted octanol–water partition coefficient (Wildman–Crippen LogP) is 2.26. The van der Waals surface area contributed by atoms with Crippen LogP contribution in [-0.4, -0.2) is 59.2 Å². The maximum atomic E-state index is 13.1. The van der Waals surface area contributed by atoms with Crippen LogP contribution >= 0.6 is 0 Å². The minimum Gasteiger partial charge on any atom is -0.336 e. The van der Waals surface area contributed by atoms with Gasteiger partial charge in [-0.2, -0.15) is 4.31 Å². The van der Waals surface area contributed by atoms with Crippen LogP contribution in [0, 0.1) is 17.0 Å². The summed E-state index contributed by atoms with van der Waals surface area (Å²) in [5, 5.41) is 11.1. The topological polar surface area (TPSA) is 123 Å². The molecule has 0 N–H and O–H groups in total. The van der Waals surface area contributed by atoms with E-state index in [1.807, 2.05) is 30.3 Å². The molecule has 182 valence electrons. The molecule has 0 radical (unpaired) electrons. The van der Waals surface area contributed by atoms with Gasteiger partial charge in [0.25, 0.3) is 17.2 Å². The Labute approximate surface area is 202 Å². The third-order valence-corrected chi connectivity index (χ3v) is 8.01. The van der Waals surface area contributed by atoms with E-state index in [0.29, 0.717) is 12.1 Å². The van der Waals surface area contributed by atoms with Crippen molar-refractivity contribution in [2.75, 3.05) is 26.2 Å². The second-order valence-corrected chi connectivity index (χ2v) is 10.2. The lowest BCUT2D eigenvalue weighted by Gasteiger charge is -2.34. The van der Waals surface area contributed by atoms with Gasteiger partial charge in [-0.05, 0) is 30.2 Å². The van der Waals surface area contributed by atoms with Crippen molar-refractivity contribution in [3.8, 4) is 0 Å². The molecule has 0 aliphatic carbocycles. The summed E-state index contributed by atoms with van der Waals surface area (Å²) in [6.45, 7) is 2.13. The van der Waals surface area contributed by atoms with Crippen molar-refractivity contribution in [1.29, 1.82) is 0 Å². The van der Waals surface area contributed by atoms with Gasteiger partial charge in [-0.3, -0.25) is 19.7 Å². The number of rotatable bonds is 6. The lowest BCUT2D eigenvalue weighted by atomic mass is 10.2. The molecule has 2 heterocycles. The van der Waals surface area contributed by atoms with Crippen molar-refractivity contribution in [3.05, 3.63) is 104 Å². The normalized spacial score (nSPS) is 14.6. The highest BCUT2D eigenvalue weighted by Gasteiger charge is 2.33. The van der Waals surface area contributed by atoms with Crippen LogP contribution < -0.4 is 5.56 Å². The maximum absolute atomic E-state index is 13.1. The molecule has 0 saturated carbocycles. The number of hydrogen-bond donors (Lipinski definition) is 0. The number of sulfonamides is 1. The van der Waals surface area contributed by atoms with Gasteiger partial charge >= 0.3 is 0 Å². The molecule has 0 atom stereocenters. The average molecular weight is 497 g/mol. The van der Waals surface area contributed by atoms with E-state index in [0.717, 1.165) is 11.6 Å². The number of piperazine rings is 1. The van der Waals surface area contributed by atoms with Crippen LogP contribution in [0.2, 0.25) is 0 Å². The van der Waals surface area contributed by atoms with E-state index < -0.39 is 26.4 Å². The summed E-state index contributed by atoms with van der Waals surface area (Å²) in [4.78, 5) is 37.8. The van der Waals surface area contributed by atoms with Crippen LogP contribution in [0.5, 0.6) is 0 Å². The van der Waals surface area contributed by atoms with E-state index in [4.69, 9.17) is 0 Å². The summed E-state index contributed by atoms with van der Waals surface area (Å²) in [5.74, 6) is -0.457. The fraction of sp³-hybridized carbons (Fsp3) is 0.250. The molecule has 1 amide bonds. The van der Waals surface area contributed by atoms with Crippen LogP contribution in [0.25, 0.3) is 0 Å². The Morgan fingerprint density at radius 3 is 2.34 bits per heavy atom. The van der Waals surface area contributed by atoms with E-state index in [1.165, 1.54) is 32.0 Å². The first-order valence-corrected chi connectivity index (χ1v) is 12.4. The Bertz CT molecular complexity index is 1430. The second kappa shape index (κ2) is 9.80. The van der Waals surface area contributed by atoms with Crippen LogP contribution in [0.15, 0.2) is 76.6 Å². The summed E-state index contributed by atoms with van der Waals surface area (Å²) in [5.41, 5.74) is 0.628. The van der Waals surface area contributed by atoms with Gasteiger partial charge in [-0.15, -0.1) is 0 Å². The first-order valence-electron chi connectivity index (χ1n) is 11.0. The Balaban J connectivity index is 1.49. The number of amides is 1. The van der Waals surface area contributed by atoms with E-state index in [2.05, 4.69) is 0 Å². The van der Waals surface area contributed by atoms with E-state index in [1.54, 1.807) is 19.2 Å². The van der Waals surface area contributed by atoms with Gasteiger partial charge in [-0.1, -0.05) is 36.4 Å². The lowest BCUT2D eigenvalue weighted by Crippen LogP contribution is -2.51. The smallest absolute Gasteiger partial charge is 0.270 e. The van der Waals surface area contributed by atoms with Crippen molar-refractivity contribution in [3.63, 3.8) is 0 Å². The summed E-state index contributed by atoms with van der Waals surface area (Å²) >= 11 is 0. The number of aryl methyl sites for hydroxylation is 1. The van der Waals surface area contributed by atoms with Gasteiger partial charge in [-0.25, -0.2) is 8.42 Å². The summed E-state index contributed by atoms with van der Waals surface area (Å²) in [6.07, 6.45) is 1.62. The number of hydrogen-bond acceptors (Lipinski definition) is 6. The number of aromatic nitrogens is 1. The Morgan fingerprint density at radius 2 is 1.69 bits per heavy atom. The van der Waals surface area contributed by atoms with Crippen molar-refractivity contribution >= 4 is 21.6 Å².